The Morgan fingerprint density at radius 1 is 1.36 bits per heavy atom. The molecular formula is C17H22N2O3. The lowest BCUT2D eigenvalue weighted by Crippen LogP contribution is -2.37. The summed E-state index contributed by atoms with van der Waals surface area (Å²) in [5, 5.41) is 2.93. The van der Waals surface area contributed by atoms with Crippen LogP contribution in [-0.2, 0) is 14.3 Å². The smallest absolute Gasteiger partial charge is 0.227 e. The molecule has 2 fully saturated rings. The van der Waals surface area contributed by atoms with Gasteiger partial charge in [-0.2, -0.15) is 0 Å². The number of ether oxygens (including phenoxy) is 1. The summed E-state index contributed by atoms with van der Waals surface area (Å²) in [5.41, 5.74) is 2.02. The molecule has 22 heavy (non-hydrogen) atoms. The van der Waals surface area contributed by atoms with Crippen molar-refractivity contribution < 1.29 is 14.3 Å². The number of hydrogen-bond acceptors (Lipinski definition) is 3. The molecule has 5 nitrogen and oxygen atoms in total. The van der Waals surface area contributed by atoms with Gasteiger partial charge in [0.25, 0.3) is 0 Å². The molecule has 0 aromatic heterocycles. The third-order valence-electron chi connectivity index (χ3n) is 4.37. The van der Waals surface area contributed by atoms with Crippen LogP contribution in [0.1, 0.15) is 24.8 Å². The van der Waals surface area contributed by atoms with Crippen molar-refractivity contribution in [1.29, 1.82) is 0 Å². The molecule has 0 unspecified atom stereocenters. The van der Waals surface area contributed by atoms with Crippen LogP contribution in [0.2, 0.25) is 0 Å². The predicted octanol–water partition coefficient (Wildman–Crippen LogP) is 1.64. The Kier molecular flexibility index (Phi) is 4.43. The van der Waals surface area contributed by atoms with E-state index < -0.39 is 0 Å². The van der Waals surface area contributed by atoms with Crippen molar-refractivity contribution in [3.8, 4) is 0 Å². The van der Waals surface area contributed by atoms with Crippen LogP contribution >= 0.6 is 0 Å². The lowest BCUT2D eigenvalue weighted by atomic mass is 10.1. The first-order valence-electron chi connectivity index (χ1n) is 7.90. The zero-order valence-corrected chi connectivity index (χ0v) is 12.9. The largest absolute Gasteiger partial charge is 0.376 e. The average molecular weight is 302 g/mol. The zero-order valence-electron chi connectivity index (χ0n) is 12.9. The Balaban J connectivity index is 1.56. The Morgan fingerprint density at radius 2 is 2.14 bits per heavy atom. The van der Waals surface area contributed by atoms with Crippen molar-refractivity contribution in [2.75, 3.05) is 24.6 Å². The topological polar surface area (TPSA) is 58.6 Å². The van der Waals surface area contributed by atoms with Crippen LogP contribution in [0.4, 0.5) is 5.69 Å². The standard InChI is InChI=1S/C17H22N2O3/c1-12-4-6-14(7-5-12)19-11-13(9-16(19)20)17(21)18-10-15-3-2-8-22-15/h4-7,13,15H,2-3,8-11H2,1H3,(H,18,21)/t13-,15+/m0/s1. The molecule has 5 heteroatoms. The van der Waals surface area contributed by atoms with Gasteiger partial charge in [0, 0.05) is 31.8 Å². The van der Waals surface area contributed by atoms with E-state index in [9.17, 15) is 9.59 Å². The first-order valence-corrected chi connectivity index (χ1v) is 7.90. The van der Waals surface area contributed by atoms with Gasteiger partial charge < -0.3 is 15.0 Å². The van der Waals surface area contributed by atoms with Crippen molar-refractivity contribution in [2.24, 2.45) is 5.92 Å². The number of nitrogens with one attached hydrogen (secondary N) is 1. The molecular weight excluding hydrogens is 280 g/mol. The van der Waals surface area contributed by atoms with E-state index in [1.54, 1.807) is 4.90 Å². The van der Waals surface area contributed by atoms with Gasteiger partial charge in [-0.3, -0.25) is 9.59 Å². The van der Waals surface area contributed by atoms with Gasteiger partial charge in [0.1, 0.15) is 0 Å². The van der Waals surface area contributed by atoms with Gasteiger partial charge in [0.05, 0.1) is 12.0 Å². The molecule has 118 valence electrons. The summed E-state index contributed by atoms with van der Waals surface area (Å²) < 4.78 is 5.50. The van der Waals surface area contributed by atoms with Crippen molar-refractivity contribution in [3.05, 3.63) is 29.8 Å². The number of carbonyl (C=O) groups excluding carboxylic acids is 2. The second kappa shape index (κ2) is 6.48. The summed E-state index contributed by atoms with van der Waals surface area (Å²) in [6, 6.07) is 7.82. The molecule has 1 aromatic rings. The molecule has 2 aliphatic heterocycles. The molecule has 1 N–H and O–H groups in total. The van der Waals surface area contributed by atoms with Crippen LogP contribution < -0.4 is 10.2 Å². The maximum absolute atomic E-state index is 12.2. The van der Waals surface area contributed by atoms with E-state index in [0.29, 0.717) is 13.1 Å². The first-order chi connectivity index (χ1) is 10.6. The van der Waals surface area contributed by atoms with Gasteiger partial charge in [-0.25, -0.2) is 0 Å². The predicted molar refractivity (Wildman–Crippen MR) is 83.6 cm³/mol. The maximum atomic E-state index is 12.2. The number of rotatable bonds is 4. The molecule has 0 bridgehead atoms. The van der Waals surface area contributed by atoms with Gasteiger partial charge in [-0.1, -0.05) is 17.7 Å². The summed E-state index contributed by atoms with van der Waals surface area (Å²) in [4.78, 5) is 26.1. The van der Waals surface area contributed by atoms with Crippen LogP contribution in [0, 0.1) is 12.8 Å². The summed E-state index contributed by atoms with van der Waals surface area (Å²) in [5.74, 6) is -0.296. The molecule has 2 amide bonds. The first kappa shape index (κ1) is 15.0. The van der Waals surface area contributed by atoms with Gasteiger partial charge in [-0.05, 0) is 31.9 Å². The maximum Gasteiger partial charge on any atom is 0.227 e. The number of benzene rings is 1. The Morgan fingerprint density at radius 3 is 2.82 bits per heavy atom. The quantitative estimate of drug-likeness (QED) is 0.920. The summed E-state index contributed by atoms with van der Waals surface area (Å²) in [6.07, 6.45) is 2.48. The van der Waals surface area contributed by atoms with Crippen molar-refractivity contribution in [2.45, 2.75) is 32.3 Å². The normalized spacial score (nSPS) is 24.8. The minimum absolute atomic E-state index is 0.0149. The SMILES string of the molecule is Cc1ccc(N2C[C@@H](C(=O)NC[C@H]3CCCO3)CC2=O)cc1. The number of anilines is 1. The van der Waals surface area contributed by atoms with Crippen LogP contribution in [-0.4, -0.2) is 37.6 Å². The van der Waals surface area contributed by atoms with Crippen molar-refractivity contribution in [1.82, 2.24) is 5.32 Å². The lowest BCUT2D eigenvalue weighted by molar-refractivity contribution is -0.126. The number of amides is 2. The fourth-order valence-corrected chi connectivity index (χ4v) is 3.02. The monoisotopic (exact) mass is 302 g/mol. The van der Waals surface area contributed by atoms with E-state index in [4.69, 9.17) is 4.74 Å². The van der Waals surface area contributed by atoms with Crippen LogP contribution in [0.15, 0.2) is 24.3 Å². The molecule has 2 heterocycles. The molecule has 0 spiro atoms. The highest BCUT2D eigenvalue weighted by Gasteiger charge is 2.35. The highest BCUT2D eigenvalue weighted by molar-refractivity contribution is 6.00. The van der Waals surface area contributed by atoms with Crippen LogP contribution in [0.5, 0.6) is 0 Å². The molecule has 0 aliphatic carbocycles. The zero-order chi connectivity index (χ0) is 15.5. The van der Waals surface area contributed by atoms with E-state index in [1.807, 2.05) is 31.2 Å². The molecule has 0 radical (unpaired) electrons. The molecule has 0 saturated carbocycles. The third-order valence-corrected chi connectivity index (χ3v) is 4.37. The van der Waals surface area contributed by atoms with Gasteiger partial charge in [0.15, 0.2) is 0 Å². The molecule has 3 rings (SSSR count). The second-order valence-electron chi connectivity index (χ2n) is 6.12. The molecule has 2 atom stereocenters. The van der Waals surface area contributed by atoms with E-state index in [0.717, 1.165) is 30.7 Å². The number of hydrogen-bond donors (Lipinski definition) is 1. The van der Waals surface area contributed by atoms with Crippen molar-refractivity contribution >= 4 is 17.5 Å². The fraction of sp³-hybridized carbons (Fsp3) is 0.529. The minimum Gasteiger partial charge on any atom is -0.376 e. The number of nitrogens with zero attached hydrogens (tertiary/aromatic N) is 1. The van der Waals surface area contributed by atoms with E-state index in [1.165, 1.54) is 0 Å². The van der Waals surface area contributed by atoms with Gasteiger partial charge in [0.2, 0.25) is 11.8 Å². The number of carbonyl (C=O) groups is 2. The van der Waals surface area contributed by atoms with E-state index >= 15 is 0 Å². The summed E-state index contributed by atoms with van der Waals surface area (Å²) in [6.45, 7) is 3.80. The van der Waals surface area contributed by atoms with E-state index in [2.05, 4.69) is 5.32 Å². The highest BCUT2D eigenvalue weighted by Crippen LogP contribution is 2.25. The van der Waals surface area contributed by atoms with Crippen LogP contribution in [0.25, 0.3) is 0 Å². The highest BCUT2D eigenvalue weighted by atomic mass is 16.5. The Bertz CT molecular complexity index is 550. The third kappa shape index (κ3) is 3.30. The molecule has 1 aromatic carbocycles. The van der Waals surface area contributed by atoms with E-state index in [-0.39, 0.29) is 30.3 Å². The fourth-order valence-electron chi connectivity index (χ4n) is 3.02. The van der Waals surface area contributed by atoms with Gasteiger partial charge >= 0.3 is 0 Å². The second-order valence-corrected chi connectivity index (χ2v) is 6.12. The Labute approximate surface area is 130 Å². The minimum atomic E-state index is -0.268. The van der Waals surface area contributed by atoms with Gasteiger partial charge in [-0.15, -0.1) is 0 Å². The molecule has 2 saturated heterocycles. The average Bonchev–Trinajstić information content (AvgIpc) is 3.15. The Hall–Kier alpha value is -1.88. The lowest BCUT2D eigenvalue weighted by Gasteiger charge is -2.17. The summed E-state index contributed by atoms with van der Waals surface area (Å²) in [7, 11) is 0. The summed E-state index contributed by atoms with van der Waals surface area (Å²) >= 11 is 0. The number of aryl methyl sites for hydroxylation is 1. The van der Waals surface area contributed by atoms with Crippen LogP contribution in [0.3, 0.4) is 0 Å². The van der Waals surface area contributed by atoms with Crippen molar-refractivity contribution in [3.63, 3.8) is 0 Å². The molecule has 2 aliphatic rings.